The number of imidazole rings is 1. The van der Waals surface area contributed by atoms with Crippen LogP contribution in [0.4, 0.5) is 0 Å². The molecule has 5 rings (SSSR count). The molecule has 0 aliphatic rings. The summed E-state index contributed by atoms with van der Waals surface area (Å²) >= 11 is 0. The number of H-pyrrole nitrogens is 1. The minimum absolute atomic E-state index is 0.131. The summed E-state index contributed by atoms with van der Waals surface area (Å²) in [6.07, 6.45) is 6.55. The van der Waals surface area contributed by atoms with Gasteiger partial charge in [0.15, 0.2) is 5.65 Å². The zero-order chi connectivity index (χ0) is 34.0. The molecular weight excluding hydrogens is 582 g/mol. The lowest BCUT2D eigenvalue weighted by Gasteiger charge is -2.34. The Hall–Kier alpha value is -4.04. The van der Waals surface area contributed by atoms with Gasteiger partial charge >= 0.3 is 0 Å². The monoisotopic (exact) mass is 635 g/mol. The maximum absolute atomic E-state index is 14.1. The third-order valence-corrected chi connectivity index (χ3v) is 9.01. The molecule has 4 aromatic heterocycles. The number of aryl methyl sites for hydroxylation is 3. The number of amides is 1. The molecule has 250 valence electrons. The normalized spacial score (nSPS) is 12.9. The molecular formula is C39H53N7O. The summed E-state index contributed by atoms with van der Waals surface area (Å²) in [7, 11) is 1.97. The van der Waals surface area contributed by atoms with Gasteiger partial charge < -0.3 is 19.8 Å². The Labute approximate surface area is 280 Å². The number of rotatable bonds is 13. The number of carbonyl (C=O) groups is 1. The summed E-state index contributed by atoms with van der Waals surface area (Å²) in [6, 6.07) is 11.0. The van der Waals surface area contributed by atoms with Crippen LogP contribution in [-0.4, -0.2) is 61.5 Å². The molecule has 47 heavy (non-hydrogen) atoms. The van der Waals surface area contributed by atoms with Crippen molar-refractivity contribution in [2.24, 2.45) is 18.9 Å². The molecule has 1 atom stereocenters. The van der Waals surface area contributed by atoms with Crippen LogP contribution < -0.4 is 5.32 Å². The summed E-state index contributed by atoms with van der Waals surface area (Å²) in [5.74, 6) is 1.11. The van der Waals surface area contributed by atoms with E-state index >= 15 is 0 Å². The smallest absolute Gasteiger partial charge is 0.234 e. The number of aromatic nitrogens is 5. The molecule has 0 saturated carbocycles. The number of aromatic amines is 1. The Kier molecular flexibility index (Phi) is 10.2. The summed E-state index contributed by atoms with van der Waals surface area (Å²) in [4.78, 5) is 33.9. The average molecular weight is 636 g/mol. The average Bonchev–Trinajstić information content (AvgIpc) is 3.57. The number of fused-ring (bicyclic) bond motifs is 2. The minimum Gasteiger partial charge on any atom is -0.353 e. The highest BCUT2D eigenvalue weighted by Gasteiger charge is 2.36. The van der Waals surface area contributed by atoms with Crippen molar-refractivity contribution in [2.75, 3.05) is 26.2 Å². The van der Waals surface area contributed by atoms with E-state index in [0.29, 0.717) is 11.8 Å². The molecule has 4 heterocycles. The Balaban J connectivity index is 1.46. The van der Waals surface area contributed by atoms with Crippen molar-refractivity contribution in [2.45, 2.75) is 80.1 Å². The Morgan fingerprint density at radius 3 is 2.28 bits per heavy atom. The van der Waals surface area contributed by atoms with Crippen molar-refractivity contribution >= 4 is 28.0 Å². The van der Waals surface area contributed by atoms with Gasteiger partial charge in [-0.05, 0) is 99.4 Å². The SMILES string of the molecule is Cc1cc(C)cc(-c2[nH]c3cnc(C(C)(C)C(=O)N(CC(C)C)CC(C)C)cc3c2[C@H](C)CNCCc2cnc3c(c2)ncn3C)c1. The predicted molar refractivity (Wildman–Crippen MR) is 194 cm³/mol. The molecule has 0 unspecified atom stereocenters. The zero-order valence-electron chi connectivity index (χ0n) is 30.0. The number of pyridine rings is 2. The first-order chi connectivity index (χ1) is 22.2. The van der Waals surface area contributed by atoms with Crippen LogP contribution in [0.5, 0.6) is 0 Å². The van der Waals surface area contributed by atoms with Crippen LogP contribution in [0, 0.1) is 25.7 Å². The lowest BCUT2D eigenvalue weighted by molar-refractivity contribution is -0.137. The Morgan fingerprint density at radius 1 is 0.936 bits per heavy atom. The number of benzene rings is 1. The van der Waals surface area contributed by atoms with Gasteiger partial charge in [-0.2, -0.15) is 0 Å². The van der Waals surface area contributed by atoms with Gasteiger partial charge in [-0.15, -0.1) is 0 Å². The van der Waals surface area contributed by atoms with Crippen molar-refractivity contribution in [1.82, 2.24) is 34.7 Å². The van der Waals surface area contributed by atoms with E-state index in [1.807, 2.05) is 42.8 Å². The molecule has 0 aliphatic carbocycles. The third kappa shape index (κ3) is 7.59. The maximum atomic E-state index is 14.1. The van der Waals surface area contributed by atoms with Gasteiger partial charge in [0.05, 0.1) is 34.8 Å². The molecule has 0 aliphatic heterocycles. The van der Waals surface area contributed by atoms with E-state index in [9.17, 15) is 4.79 Å². The molecule has 8 heteroatoms. The van der Waals surface area contributed by atoms with E-state index in [1.165, 1.54) is 27.8 Å². The molecule has 8 nitrogen and oxygen atoms in total. The number of nitrogens with one attached hydrogen (secondary N) is 2. The highest BCUT2D eigenvalue weighted by Crippen LogP contribution is 2.38. The molecule has 1 amide bonds. The van der Waals surface area contributed by atoms with Gasteiger partial charge in [0, 0.05) is 38.3 Å². The first kappa shape index (κ1) is 34.3. The molecule has 0 spiro atoms. The lowest BCUT2D eigenvalue weighted by atomic mass is 9.85. The van der Waals surface area contributed by atoms with Crippen LogP contribution in [0.2, 0.25) is 0 Å². The topological polar surface area (TPSA) is 91.7 Å². The van der Waals surface area contributed by atoms with Gasteiger partial charge in [-0.3, -0.25) is 9.78 Å². The van der Waals surface area contributed by atoms with Crippen LogP contribution in [0.25, 0.3) is 33.3 Å². The quantitative estimate of drug-likeness (QED) is 0.131. The fourth-order valence-corrected chi connectivity index (χ4v) is 6.79. The zero-order valence-corrected chi connectivity index (χ0v) is 30.0. The fourth-order valence-electron chi connectivity index (χ4n) is 6.79. The van der Waals surface area contributed by atoms with Gasteiger partial charge in [-0.25, -0.2) is 9.97 Å². The molecule has 1 aromatic carbocycles. The van der Waals surface area contributed by atoms with Crippen molar-refractivity contribution < 1.29 is 4.79 Å². The molecule has 0 radical (unpaired) electrons. The van der Waals surface area contributed by atoms with E-state index < -0.39 is 5.41 Å². The summed E-state index contributed by atoms with van der Waals surface area (Å²) in [6.45, 7) is 22.4. The van der Waals surface area contributed by atoms with Gasteiger partial charge in [0.1, 0.15) is 5.52 Å². The maximum Gasteiger partial charge on any atom is 0.234 e. The van der Waals surface area contributed by atoms with Crippen molar-refractivity contribution in [3.8, 4) is 11.3 Å². The van der Waals surface area contributed by atoms with Crippen LogP contribution in [0.1, 0.15) is 82.3 Å². The highest BCUT2D eigenvalue weighted by atomic mass is 16.2. The Morgan fingerprint density at radius 2 is 1.62 bits per heavy atom. The molecule has 0 bridgehead atoms. The van der Waals surface area contributed by atoms with Crippen LogP contribution >= 0.6 is 0 Å². The predicted octanol–water partition coefficient (Wildman–Crippen LogP) is 7.48. The second kappa shape index (κ2) is 14.0. The fraction of sp³-hybridized carbons (Fsp3) is 0.487. The van der Waals surface area contributed by atoms with E-state index in [0.717, 1.165) is 66.1 Å². The van der Waals surface area contributed by atoms with E-state index in [2.05, 4.69) is 99.1 Å². The van der Waals surface area contributed by atoms with Crippen molar-refractivity contribution in [3.05, 3.63) is 77.0 Å². The number of carbonyl (C=O) groups excluding carboxylic acids is 1. The van der Waals surface area contributed by atoms with Gasteiger partial charge in [0.2, 0.25) is 5.91 Å². The molecule has 0 fully saturated rings. The van der Waals surface area contributed by atoms with Gasteiger partial charge in [0.25, 0.3) is 0 Å². The summed E-state index contributed by atoms with van der Waals surface area (Å²) in [5.41, 5.74) is 10.0. The first-order valence-corrected chi connectivity index (χ1v) is 17.1. The largest absolute Gasteiger partial charge is 0.353 e. The van der Waals surface area contributed by atoms with E-state index in [-0.39, 0.29) is 11.8 Å². The standard InChI is InChI=1S/C39H53N7O/c1-24(2)21-46(22-25(3)4)38(47)39(8,9)34-17-31-33(20-41-34)44-36(30-14-26(5)13-27(6)15-30)35(31)28(7)18-40-12-11-29-16-32-37(42-19-29)45(10)23-43-32/h13-17,19-20,23-25,28,40,44H,11-12,18,21-22H2,1-10H3/t28-/m1/s1. The van der Waals surface area contributed by atoms with Crippen LogP contribution in [-0.2, 0) is 23.7 Å². The van der Waals surface area contributed by atoms with Crippen LogP contribution in [0.3, 0.4) is 0 Å². The van der Waals surface area contributed by atoms with Crippen LogP contribution in [0.15, 0.2) is 49.1 Å². The Bertz CT molecular complexity index is 1830. The number of hydrogen-bond donors (Lipinski definition) is 2. The summed E-state index contributed by atoms with van der Waals surface area (Å²) in [5, 5.41) is 4.84. The molecule has 2 N–H and O–H groups in total. The molecule has 5 aromatic rings. The second-order valence-electron chi connectivity index (χ2n) is 14.9. The van der Waals surface area contributed by atoms with E-state index in [4.69, 9.17) is 4.98 Å². The second-order valence-corrected chi connectivity index (χ2v) is 14.9. The van der Waals surface area contributed by atoms with Crippen molar-refractivity contribution in [1.29, 1.82) is 0 Å². The minimum atomic E-state index is -0.767. The lowest BCUT2D eigenvalue weighted by Crippen LogP contribution is -2.46. The molecule has 0 saturated heterocycles. The summed E-state index contributed by atoms with van der Waals surface area (Å²) < 4.78 is 1.94. The van der Waals surface area contributed by atoms with Crippen molar-refractivity contribution in [3.63, 3.8) is 0 Å². The number of hydrogen-bond acceptors (Lipinski definition) is 5. The number of nitrogens with zero attached hydrogens (tertiary/aromatic N) is 5. The van der Waals surface area contributed by atoms with E-state index in [1.54, 1.807) is 6.33 Å². The highest BCUT2D eigenvalue weighted by molar-refractivity contribution is 5.93. The third-order valence-electron chi connectivity index (χ3n) is 9.01. The van der Waals surface area contributed by atoms with Gasteiger partial charge in [-0.1, -0.05) is 51.8 Å². The first-order valence-electron chi connectivity index (χ1n) is 17.1.